The van der Waals surface area contributed by atoms with Gasteiger partial charge in [0.15, 0.2) is 0 Å². The maximum atomic E-state index is 12.5. The number of aliphatic hydroxyl groups excluding tert-OH is 1. The highest BCUT2D eigenvalue weighted by Gasteiger charge is 2.28. The molecule has 0 unspecified atom stereocenters. The second-order valence-corrected chi connectivity index (χ2v) is 6.76. The number of nitrogens with one attached hydrogen (secondary N) is 1. The number of sulfonamides is 1. The van der Waals surface area contributed by atoms with E-state index in [9.17, 15) is 13.2 Å². The molecule has 6 nitrogen and oxygen atoms in total. The molecule has 0 aliphatic carbocycles. The quantitative estimate of drug-likeness (QED) is 0.727. The molecule has 0 aliphatic heterocycles. The molecule has 1 atom stereocenters. The smallest absolute Gasteiger partial charge is 0.321 e. The Balaban J connectivity index is 3.35. The number of carbonyl (C=O) groups is 1. The molecule has 0 heterocycles. The monoisotopic (exact) mass is 315 g/mol. The minimum Gasteiger partial charge on any atom is -0.480 e. The molecule has 0 spiro atoms. The third-order valence-electron chi connectivity index (χ3n) is 3.58. The Kier molecular flexibility index (Phi) is 5.49. The van der Waals surface area contributed by atoms with Crippen LogP contribution in [0, 0.1) is 27.7 Å². The van der Waals surface area contributed by atoms with Crippen molar-refractivity contribution in [2.45, 2.75) is 45.1 Å². The highest BCUT2D eigenvalue weighted by Crippen LogP contribution is 2.26. The van der Waals surface area contributed by atoms with E-state index in [2.05, 4.69) is 4.72 Å². The summed E-state index contributed by atoms with van der Waals surface area (Å²) in [5, 5.41) is 17.9. The largest absolute Gasteiger partial charge is 0.480 e. The molecule has 1 aromatic rings. The first kappa shape index (κ1) is 17.6. The lowest BCUT2D eigenvalue weighted by atomic mass is 10.0. The van der Waals surface area contributed by atoms with Crippen molar-refractivity contribution in [1.29, 1.82) is 0 Å². The van der Waals surface area contributed by atoms with E-state index in [0.717, 1.165) is 11.1 Å². The molecule has 0 saturated carbocycles. The third-order valence-corrected chi connectivity index (χ3v) is 5.32. The van der Waals surface area contributed by atoms with Gasteiger partial charge in [-0.2, -0.15) is 4.72 Å². The van der Waals surface area contributed by atoms with Gasteiger partial charge >= 0.3 is 5.97 Å². The van der Waals surface area contributed by atoms with E-state index >= 15 is 0 Å². The minimum atomic E-state index is -3.97. The van der Waals surface area contributed by atoms with Gasteiger partial charge in [-0.25, -0.2) is 8.42 Å². The van der Waals surface area contributed by atoms with Crippen LogP contribution < -0.4 is 4.72 Å². The molecule has 3 N–H and O–H groups in total. The standard InChI is InChI=1S/C14H21NO5S/c1-8-7-9(2)11(4)13(10(8)3)21(19,20)15-12(5-6-16)14(17)18/h7,12,15-16H,5-6H2,1-4H3,(H,17,18)/t12-/m1/s1. The molecule has 1 aromatic carbocycles. The normalized spacial score (nSPS) is 13.2. The molecule has 0 bridgehead atoms. The van der Waals surface area contributed by atoms with Gasteiger partial charge in [0.2, 0.25) is 10.0 Å². The van der Waals surface area contributed by atoms with Gasteiger partial charge in [-0.05, 0) is 56.4 Å². The van der Waals surface area contributed by atoms with Crippen LogP contribution in [0.4, 0.5) is 0 Å². The van der Waals surface area contributed by atoms with Gasteiger partial charge in [-0.1, -0.05) is 6.07 Å². The summed E-state index contributed by atoms with van der Waals surface area (Å²) in [6, 6.07) is 0.547. The Hall–Kier alpha value is -1.44. The number of aryl methyl sites for hydroxylation is 2. The summed E-state index contributed by atoms with van der Waals surface area (Å²) in [6.07, 6.45) is -0.183. The number of hydrogen-bond acceptors (Lipinski definition) is 4. The minimum absolute atomic E-state index is 0.115. The number of carboxylic acid groups (broad SMARTS) is 1. The molecular formula is C14H21NO5S. The summed E-state index contributed by atoms with van der Waals surface area (Å²) in [4.78, 5) is 11.2. The highest BCUT2D eigenvalue weighted by atomic mass is 32.2. The second kappa shape index (κ2) is 6.55. The summed E-state index contributed by atoms with van der Waals surface area (Å²) in [6.45, 7) is 6.59. The lowest BCUT2D eigenvalue weighted by Crippen LogP contribution is -2.41. The number of aliphatic hydroxyl groups is 1. The van der Waals surface area contributed by atoms with E-state index < -0.39 is 28.6 Å². The second-order valence-electron chi connectivity index (χ2n) is 5.11. The predicted molar refractivity (Wildman–Crippen MR) is 78.8 cm³/mol. The number of rotatable bonds is 6. The maximum absolute atomic E-state index is 12.5. The molecule has 0 saturated heterocycles. The Morgan fingerprint density at radius 3 is 2.05 bits per heavy atom. The molecule has 21 heavy (non-hydrogen) atoms. The van der Waals surface area contributed by atoms with Crippen molar-refractivity contribution < 1.29 is 23.4 Å². The SMILES string of the molecule is Cc1cc(C)c(C)c(S(=O)(=O)N[C@H](CCO)C(=O)O)c1C. The summed E-state index contributed by atoms with van der Waals surface area (Å²) in [5.74, 6) is -1.31. The molecule has 0 radical (unpaired) electrons. The van der Waals surface area contributed by atoms with Crippen molar-refractivity contribution in [3.8, 4) is 0 Å². The topological polar surface area (TPSA) is 104 Å². The lowest BCUT2D eigenvalue weighted by molar-refractivity contribution is -0.139. The molecular weight excluding hydrogens is 294 g/mol. The molecule has 0 fully saturated rings. The van der Waals surface area contributed by atoms with E-state index in [1.807, 2.05) is 19.9 Å². The Bertz CT molecular complexity index is 626. The lowest BCUT2D eigenvalue weighted by Gasteiger charge is -2.19. The van der Waals surface area contributed by atoms with Crippen molar-refractivity contribution in [2.24, 2.45) is 0 Å². The van der Waals surface area contributed by atoms with Gasteiger partial charge in [-0.15, -0.1) is 0 Å². The Morgan fingerprint density at radius 2 is 1.67 bits per heavy atom. The van der Waals surface area contributed by atoms with Crippen LogP contribution in [0.15, 0.2) is 11.0 Å². The van der Waals surface area contributed by atoms with Gasteiger partial charge in [0.25, 0.3) is 0 Å². The van der Waals surface area contributed by atoms with Crippen LogP contribution in [0.2, 0.25) is 0 Å². The van der Waals surface area contributed by atoms with Crippen LogP contribution in [-0.4, -0.2) is 37.2 Å². The number of aliphatic carboxylic acids is 1. The molecule has 0 aliphatic rings. The number of carboxylic acids is 1. The van der Waals surface area contributed by atoms with Crippen molar-refractivity contribution in [3.05, 3.63) is 28.3 Å². The first-order valence-electron chi connectivity index (χ1n) is 6.55. The van der Waals surface area contributed by atoms with Crippen LogP contribution in [-0.2, 0) is 14.8 Å². The van der Waals surface area contributed by atoms with Crippen LogP contribution in [0.1, 0.15) is 28.7 Å². The van der Waals surface area contributed by atoms with Crippen LogP contribution in [0.25, 0.3) is 0 Å². The predicted octanol–water partition coefficient (Wildman–Crippen LogP) is 1.03. The van der Waals surface area contributed by atoms with E-state index in [1.165, 1.54) is 0 Å². The molecule has 118 valence electrons. The fraction of sp³-hybridized carbons (Fsp3) is 0.500. The van der Waals surface area contributed by atoms with Crippen molar-refractivity contribution in [2.75, 3.05) is 6.61 Å². The van der Waals surface area contributed by atoms with Gasteiger partial charge < -0.3 is 10.2 Å². The zero-order valence-corrected chi connectivity index (χ0v) is 13.4. The fourth-order valence-corrected chi connectivity index (χ4v) is 4.03. The van der Waals surface area contributed by atoms with E-state index in [1.54, 1.807) is 13.8 Å². The maximum Gasteiger partial charge on any atom is 0.321 e. The molecule has 0 aromatic heterocycles. The average Bonchev–Trinajstić information content (AvgIpc) is 2.35. The summed E-state index contributed by atoms with van der Waals surface area (Å²) in [7, 11) is -3.97. The molecule has 7 heteroatoms. The Labute approximate surface area is 124 Å². The summed E-state index contributed by atoms with van der Waals surface area (Å²) < 4.78 is 27.2. The fourth-order valence-electron chi connectivity index (χ4n) is 2.19. The van der Waals surface area contributed by atoms with Crippen LogP contribution >= 0.6 is 0 Å². The zero-order valence-electron chi connectivity index (χ0n) is 12.6. The van der Waals surface area contributed by atoms with E-state index in [4.69, 9.17) is 10.2 Å². The molecule has 0 amide bonds. The van der Waals surface area contributed by atoms with Gasteiger partial charge in [0.1, 0.15) is 6.04 Å². The third kappa shape index (κ3) is 3.81. The molecule has 1 rings (SSSR count). The summed E-state index contributed by atoms with van der Waals surface area (Å²) in [5.41, 5.74) is 2.84. The Morgan fingerprint density at radius 1 is 1.19 bits per heavy atom. The van der Waals surface area contributed by atoms with Gasteiger partial charge in [0, 0.05) is 6.61 Å². The van der Waals surface area contributed by atoms with Crippen molar-refractivity contribution >= 4 is 16.0 Å². The van der Waals surface area contributed by atoms with Crippen molar-refractivity contribution in [3.63, 3.8) is 0 Å². The van der Waals surface area contributed by atoms with Gasteiger partial charge in [0.05, 0.1) is 4.90 Å². The first-order chi connectivity index (χ1) is 9.61. The average molecular weight is 315 g/mol. The number of hydrogen-bond donors (Lipinski definition) is 3. The zero-order chi connectivity index (χ0) is 16.4. The van der Waals surface area contributed by atoms with Crippen LogP contribution in [0.5, 0.6) is 0 Å². The number of benzene rings is 1. The first-order valence-corrected chi connectivity index (χ1v) is 8.03. The van der Waals surface area contributed by atoms with E-state index in [0.29, 0.717) is 11.1 Å². The highest BCUT2D eigenvalue weighted by molar-refractivity contribution is 7.89. The van der Waals surface area contributed by atoms with Crippen molar-refractivity contribution in [1.82, 2.24) is 4.72 Å². The van der Waals surface area contributed by atoms with Gasteiger partial charge in [-0.3, -0.25) is 4.79 Å². The summed E-state index contributed by atoms with van der Waals surface area (Å²) >= 11 is 0. The van der Waals surface area contributed by atoms with Crippen LogP contribution in [0.3, 0.4) is 0 Å². The van der Waals surface area contributed by atoms with E-state index in [-0.39, 0.29) is 11.3 Å².